The monoisotopic (exact) mass is 448 g/mol. The predicted octanol–water partition coefficient (Wildman–Crippen LogP) is 1.71. The quantitative estimate of drug-likeness (QED) is 0.655. The zero-order chi connectivity index (χ0) is 23.0. The molecule has 2 heterocycles. The molecule has 3 rings (SSSR count). The number of rotatable bonds is 4. The van der Waals surface area contributed by atoms with Crippen LogP contribution in [0.3, 0.4) is 0 Å². The summed E-state index contributed by atoms with van der Waals surface area (Å²) in [5, 5.41) is 2.86. The molecule has 1 amide bonds. The zero-order valence-electron chi connectivity index (χ0n) is 18.1. The van der Waals surface area contributed by atoms with Crippen LogP contribution in [0.25, 0.3) is 0 Å². The van der Waals surface area contributed by atoms with E-state index in [4.69, 9.17) is 0 Å². The molecule has 1 fully saturated rings. The summed E-state index contributed by atoms with van der Waals surface area (Å²) in [6.07, 6.45) is 1.03. The topological polar surface area (TPSA) is 132 Å². The van der Waals surface area contributed by atoms with E-state index in [1.807, 2.05) is 29.2 Å². The number of nitrogens with zero attached hydrogens (tertiary/aromatic N) is 1. The number of anilines is 1. The third kappa shape index (κ3) is 4.96. The molecule has 0 bridgehead atoms. The SMILES string of the molecule is Cc1[nH]c(=O)[nH]c(=O)c1S(=O)(=O)N1CCC[C@H](C(=O)Nc2ccc(C(C)(C)C)cc2)C1. The van der Waals surface area contributed by atoms with Gasteiger partial charge in [-0.2, -0.15) is 4.31 Å². The van der Waals surface area contributed by atoms with Gasteiger partial charge in [0.1, 0.15) is 0 Å². The van der Waals surface area contributed by atoms with Gasteiger partial charge in [-0.3, -0.25) is 14.6 Å². The van der Waals surface area contributed by atoms with Gasteiger partial charge < -0.3 is 10.3 Å². The molecule has 1 saturated heterocycles. The van der Waals surface area contributed by atoms with E-state index in [2.05, 4.69) is 31.1 Å². The lowest BCUT2D eigenvalue weighted by Crippen LogP contribution is -2.45. The number of hydrogen-bond acceptors (Lipinski definition) is 5. The fourth-order valence-corrected chi connectivity index (χ4v) is 5.43. The molecule has 1 aromatic carbocycles. The van der Waals surface area contributed by atoms with Crippen molar-refractivity contribution in [2.45, 2.75) is 50.8 Å². The number of nitrogens with one attached hydrogen (secondary N) is 3. The zero-order valence-corrected chi connectivity index (χ0v) is 18.9. The minimum Gasteiger partial charge on any atom is -0.326 e. The van der Waals surface area contributed by atoms with Gasteiger partial charge in [-0.15, -0.1) is 0 Å². The van der Waals surface area contributed by atoms with Crippen molar-refractivity contribution in [3.8, 4) is 0 Å². The van der Waals surface area contributed by atoms with E-state index in [0.717, 1.165) is 9.87 Å². The molecule has 0 radical (unpaired) electrons. The Balaban J connectivity index is 1.76. The van der Waals surface area contributed by atoms with Crippen LogP contribution >= 0.6 is 0 Å². The van der Waals surface area contributed by atoms with Gasteiger partial charge in [-0.25, -0.2) is 13.2 Å². The highest BCUT2D eigenvalue weighted by Gasteiger charge is 2.36. The Morgan fingerprint density at radius 1 is 1.13 bits per heavy atom. The van der Waals surface area contributed by atoms with Gasteiger partial charge in [0.05, 0.1) is 5.92 Å². The maximum absolute atomic E-state index is 13.1. The molecule has 0 unspecified atom stereocenters. The number of aromatic amines is 2. The Morgan fingerprint density at radius 3 is 2.35 bits per heavy atom. The average molecular weight is 449 g/mol. The molecule has 10 heteroatoms. The van der Waals surface area contributed by atoms with E-state index in [9.17, 15) is 22.8 Å². The number of benzene rings is 1. The van der Waals surface area contributed by atoms with Crippen molar-refractivity contribution >= 4 is 21.6 Å². The highest BCUT2D eigenvalue weighted by molar-refractivity contribution is 7.89. The Bertz CT molecular complexity index is 1190. The van der Waals surface area contributed by atoms with Crippen molar-refractivity contribution in [2.24, 2.45) is 5.92 Å². The van der Waals surface area contributed by atoms with Crippen molar-refractivity contribution in [1.29, 1.82) is 0 Å². The molecule has 168 valence electrons. The van der Waals surface area contributed by atoms with Crippen LogP contribution in [-0.2, 0) is 20.2 Å². The Morgan fingerprint density at radius 2 is 1.77 bits per heavy atom. The van der Waals surface area contributed by atoms with Gasteiger partial charge in [-0.05, 0) is 42.9 Å². The van der Waals surface area contributed by atoms with Crippen LogP contribution in [-0.4, -0.2) is 41.7 Å². The second kappa shape index (κ2) is 8.43. The van der Waals surface area contributed by atoms with Crippen LogP contribution in [0, 0.1) is 12.8 Å². The number of H-pyrrole nitrogens is 2. The Hall–Kier alpha value is -2.72. The number of carbonyl (C=O) groups is 1. The molecular formula is C21H28N4O5S. The summed E-state index contributed by atoms with van der Waals surface area (Å²) >= 11 is 0. The Kier molecular flexibility index (Phi) is 6.24. The molecular weight excluding hydrogens is 420 g/mol. The van der Waals surface area contributed by atoms with E-state index in [0.29, 0.717) is 18.5 Å². The molecule has 0 aliphatic carbocycles. The highest BCUT2D eigenvalue weighted by atomic mass is 32.2. The summed E-state index contributed by atoms with van der Waals surface area (Å²) in [7, 11) is -4.16. The fourth-order valence-electron chi connectivity index (χ4n) is 3.70. The van der Waals surface area contributed by atoms with E-state index in [-0.39, 0.29) is 30.1 Å². The first-order chi connectivity index (χ1) is 14.4. The van der Waals surface area contributed by atoms with Crippen LogP contribution in [0.5, 0.6) is 0 Å². The van der Waals surface area contributed by atoms with Crippen LogP contribution in [0.15, 0.2) is 38.8 Å². The van der Waals surface area contributed by atoms with Gasteiger partial charge >= 0.3 is 5.69 Å². The van der Waals surface area contributed by atoms with Crippen molar-refractivity contribution < 1.29 is 13.2 Å². The third-order valence-electron chi connectivity index (χ3n) is 5.45. The molecule has 1 aliphatic rings. The normalized spacial score (nSPS) is 18.0. The number of hydrogen-bond donors (Lipinski definition) is 3. The van der Waals surface area contributed by atoms with Crippen LogP contribution in [0.2, 0.25) is 0 Å². The molecule has 2 aromatic rings. The number of sulfonamides is 1. The summed E-state index contributed by atoms with van der Waals surface area (Å²) in [6, 6.07) is 7.58. The summed E-state index contributed by atoms with van der Waals surface area (Å²) < 4.78 is 27.2. The minimum atomic E-state index is -4.16. The molecule has 1 aliphatic heterocycles. The van der Waals surface area contributed by atoms with Gasteiger partial charge in [0.25, 0.3) is 5.56 Å². The largest absolute Gasteiger partial charge is 0.326 e. The van der Waals surface area contributed by atoms with E-state index < -0.39 is 32.1 Å². The standard InChI is InChI=1S/C21H28N4O5S/c1-13-17(19(27)24-20(28)22-13)31(29,30)25-11-5-6-14(12-25)18(26)23-16-9-7-15(8-10-16)21(2,3)4/h7-10,14H,5-6,11-12H2,1-4H3,(H,23,26)(H2,22,24,27,28)/t14-/m0/s1. The van der Waals surface area contributed by atoms with E-state index in [1.54, 1.807) is 0 Å². The lowest BCUT2D eigenvalue weighted by atomic mass is 9.87. The molecule has 0 spiro atoms. The van der Waals surface area contributed by atoms with Crippen LogP contribution < -0.4 is 16.6 Å². The average Bonchev–Trinajstić information content (AvgIpc) is 2.66. The van der Waals surface area contributed by atoms with Crippen LogP contribution in [0.1, 0.15) is 44.9 Å². The predicted molar refractivity (Wildman–Crippen MR) is 118 cm³/mol. The van der Waals surface area contributed by atoms with Gasteiger partial charge in [-0.1, -0.05) is 32.9 Å². The summed E-state index contributed by atoms with van der Waals surface area (Å²) in [6.45, 7) is 7.84. The maximum Gasteiger partial charge on any atom is 0.325 e. The van der Waals surface area contributed by atoms with Crippen molar-refractivity contribution in [3.05, 3.63) is 56.4 Å². The second-order valence-electron chi connectivity index (χ2n) is 8.88. The number of piperidine rings is 1. The van der Waals surface area contributed by atoms with E-state index in [1.165, 1.54) is 6.92 Å². The maximum atomic E-state index is 13.1. The molecule has 0 saturated carbocycles. The van der Waals surface area contributed by atoms with Gasteiger partial charge in [0.2, 0.25) is 15.9 Å². The first-order valence-corrected chi connectivity index (χ1v) is 11.6. The number of amides is 1. The summed E-state index contributed by atoms with van der Waals surface area (Å²) in [5.74, 6) is -0.816. The Labute approximate surface area is 180 Å². The highest BCUT2D eigenvalue weighted by Crippen LogP contribution is 2.26. The van der Waals surface area contributed by atoms with Crippen molar-refractivity contribution in [1.82, 2.24) is 14.3 Å². The van der Waals surface area contributed by atoms with Crippen LogP contribution in [0.4, 0.5) is 5.69 Å². The lowest BCUT2D eigenvalue weighted by molar-refractivity contribution is -0.120. The molecule has 9 nitrogen and oxygen atoms in total. The fraction of sp³-hybridized carbons (Fsp3) is 0.476. The van der Waals surface area contributed by atoms with Crippen molar-refractivity contribution in [3.63, 3.8) is 0 Å². The number of aryl methyl sites for hydroxylation is 1. The summed E-state index contributed by atoms with van der Waals surface area (Å²) in [5.41, 5.74) is 0.0204. The first kappa shape index (κ1) is 23.0. The smallest absolute Gasteiger partial charge is 0.325 e. The molecule has 31 heavy (non-hydrogen) atoms. The lowest BCUT2D eigenvalue weighted by Gasteiger charge is -2.31. The first-order valence-electron chi connectivity index (χ1n) is 10.1. The number of carbonyl (C=O) groups excluding carboxylic acids is 1. The third-order valence-corrected chi connectivity index (χ3v) is 7.47. The van der Waals surface area contributed by atoms with E-state index >= 15 is 0 Å². The van der Waals surface area contributed by atoms with Gasteiger partial charge in [0.15, 0.2) is 4.90 Å². The molecule has 3 N–H and O–H groups in total. The number of aromatic nitrogens is 2. The second-order valence-corrected chi connectivity index (χ2v) is 10.8. The minimum absolute atomic E-state index is 0.00152. The molecule has 1 aromatic heterocycles. The van der Waals surface area contributed by atoms with Gasteiger partial charge in [0, 0.05) is 24.5 Å². The van der Waals surface area contributed by atoms with Crippen molar-refractivity contribution in [2.75, 3.05) is 18.4 Å². The summed E-state index contributed by atoms with van der Waals surface area (Å²) in [4.78, 5) is 40.1. The molecule has 1 atom stereocenters.